The van der Waals surface area contributed by atoms with Gasteiger partial charge in [-0.25, -0.2) is 0 Å². The first-order valence-electron chi connectivity index (χ1n) is 5.21. The van der Waals surface area contributed by atoms with E-state index in [2.05, 4.69) is 35.7 Å². The number of fused-ring (bicyclic) bond motifs is 1. The first kappa shape index (κ1) is 9.55. The molecule has 1 aliphatic rings. The maximum Gasteiger partial charge on any atom is 0.137 e. The van der Waals surface area contributed by atoms with Crippen LogP contribution in [0.3, 0.4) is 0 Å². The maximum atomic E-state index is 9.83. The van der Waals surface area contributed by atoms with E-state index in [1.165, 1.54) is 15.7 Å². The van der Waals surface area contributed by atoms with Gasteiger partial charge in [-0.05, 0) is 28.3 Å². The summed E-state index contributed by atoms with van der Waals surface area (Å²) in [6.45, 7) is 0. The molecule has 0 fully saturated rings. The average molecular weight is 228 g/mol. The summed E-state index contributed by atoms with van der Waals surface area (Å²) in [5.74, 6) is 0. The van der Waals surface area contributed by atoms with Crippen molar-refractivity contribution >= 4 is 21.7 Å². The molecule has 1 aliphatic heterocycles. The molecule has 0 radical (unpaired) electrons. The molecule has 0 aliphatic carbocycles. The van der Waals surface area contributed by atoms with Crippen LogP contribution >= 0.6 is 10.9 Å². The van der Waals surface area contributed by atoms with Crippen LogP contribution in [0.25, 0.3) is 10.8 Å². The van der Waals surface area contributed by atoms with Gasteiger partial charge in [0.25, 0.3) is 0 Å². The van der Waals surface area contributed by atoms with Crippen molar-refractivity contribution in [1.82, 2.24) is 0 Å². The molecule has 80 valence electrons. The largest absolute Gasteiger partial charge is 0.503 e. The lowest BCUT2D eigenvalue weighted by molar-refractivity contribution is 0.456. The van der Waals surface area contributed by atoms with E-state index in [1.807, 2.05) is 18.2 Å². The Morgan fingerprint density at radius 1 is 0.938 bits per heavy atom. The predicted octanol–water partition coefficient (Wildman–Crippen LogP) is 4.13. The first-order chi connectivity index (χ1) is 7.86. The fraction of sp³-hybridized carbons (Fsp3) is 0. The molecule has 0 saturated carbocycles. The van der Waals surface area contributed by atoms with Crippen LogP contribution in [0.1, 0.15) is 0 Å². The van der Waals surface area contributed by atoms with E-state index < -0.39 is 10.9 Å². The number of benzene rings is 2. The number of thiol groups is 1. The number of rotatable bonds is 1. The second-order valence-corrected chi connectivity index (χ2v) is 5.71. The fourth-order valence-corrected chi connectivity index (χ4v) is 3.77. The monoisotopic (exact) mass is 228 g/mol. The summed E-state index contributed by atoms with van der Waals surface area (Å²) in [4.78, 5) is 1.23. The van der Waals surface area contributed by atoms with Crippen molar-refractivity contribution < 1.29 is 5.11 Å². The van der Waals surface area contributed by atoms with Crippen molar-refractivity contribution in [3.8, 4) is 0 Å². The molecule has 2 aromatic carbocycles. The van der Waals surface area contributed by atoms with Gasteiger partial charge in [0.1, 0.15) is 5.09 Å². The van der Waals surface area contributed by atoms with Crippen molar-refractivity contribution in [3.05, 3.63) is 65.1 Å². The van der Waals surface area contributed by atoms with Crippen LogP contribution in [0.4, 0.5) is 0 Å². The lowest BCUT2D eigenvalue weighted by atomic mass is 10.1. The van der Waals surface area contributed by atoms with Gasteiger partial charge in [-0.3, -0.25) is 0 Å². The van der Waals surface area contributed by atoms with Crippen LogP contribution in [0.15, 0.2) is 70.0 Å². The zero-order chi connectivity index (χ0) is 11.0. The molecule has 0 aromatic heterocycles. The van der Waals surface area contributed by atoms with Crippen molar-refractivity contribution in [2.45, 2.75) is 4.90 Å². The zero-order valence-electron chi connectivity index (χ0n) is 8.67. The molecule has 3 rings (SSSR count). The average Bonchev–Trinajstić information content (AvgIpc) is 2.75. The van der Waals surface area contributed by atoms with Crippen LogP contribution < -0.4 is 0 Å². The van der Waals surface area contributed by atoms with Gasteiger partial charge in [-0.2, -0.15) is 0 Å². The lowest BCUT2D eigenvalue weighted by Gasteiger charge is -2.16. The minimum atomic E-state index is -0.665. The van der Waals surface area contributed by atoms with Crippen molar-refractivity contribution in [2.24, 2.45) is 0 Å². The Morgan fingerprint density at radius 3 is 2.56 bits per heavy atom. The second kappa shape index (κ2) is 3.72. The number of hydrogen-bond donors (Lipinski definition) is 2. The smallest absolute Gasteiger partial charge is 0.137 e. The van der Waals surface area contributed by atoms with E-state index in [-0.39, 0.29) is 0 Å². The highest BCUT2D eigenvalue weighted by Gasteiger charge is 2.13. The van der Waals surface area contributed by atoms with E-state index in [0.717, 1.165) is 0 Å². The van der Waals surface area contributed by atoms with E-state index >= 15 is 0 Å². The van der Waals surface area contributed by atoms with Gasteiger partial charge in [-0.15, -0.1) is 10.9 Å². The van der Waals surface area contributed by atoms with E-state index in [0.29, 0.717) is 5.09 Å². The molecule has 0 bridgehead atoms. The van der Waals surface area contributed by atoms with Gasteiger partial charge < -0.3 is 5.11 Å². The van der Waals surface area contributed by atoms with Crippen molar-refractivity contribution in [3.63, 3.8) is 0 Å². The quantitative estimate of drug-likeness (QED) is 0.703. The van der Waals surface area contributed by atoms with Gasteiger partial charge >= 0.3 is 0 Å². The van der Waals surface area contributed by atoms with Crippen LogP contribution in [0, 0.1) is 0 Å². The Hall–Kier alpha value is -1.67. The molecule has 0 spiro atoms. The van der Waals surface area contributed by atoms with Gasteiger partial charge in [0.05, 0.1) is 0 Å². The molecular weight excluding hydrogens is 216 g/mol. The fourth-order valence-electron chi connectivity index (χ4n) is 1.99. The van der Waals surface area contributed by atoms with Crippen LogP contribution in [-0.2, 0) is 0 Å². The topological polar surface area (TPSA) is 20.2 Å². The molecule has 0 amide bonds. The molecule has 1 atom stereocenters. The van der Waals surface area contributed by atoms with E-state index in [1.54, 1.807) is 6.08 Å². The molecule has 0 saturated heterocycles. The van der Waals surface area contributed by atoms with Gasteiger partial charge in [-0.1, -0.05) is 42.5 Å². The molecule has 1 nitrogen and oxygen atoms in total. The molecule has 1 unspecified atom stereocenters. The van der Waals surface area contributed by atoms with Gasteiger partial charge in [0.15, 0.2) is 0 Å². The Bertz CT molecular complexity index is 593. The van der Waals surface area contributed by atoms with Crippen molar-refractivity contribution in [1.29, 1.82) is 0 Å². The maximum absolute atomic E-state index is 9.83. The predicted molar refractivity (Wildman–Crippen MR) is 71.1 cm³/mol. The standard InChI is InChI=1S/C14H12OS/c15-14-9-4-10-16(14)13-8-3-6-11-5-1-2-7-12(11)13/h1-10,15-16H. The minimum absolute atomic E-state index is 0.492. The molecule has 1 N–H and O–H groups in total. The summed E-state index contributed by atoms with van der Waals surface area (Å²) in [5.41, 5.74) is 0. The summed E-state index contributed by atoms with van der Waals surface area (Å²) in [7, 11) is -0.665. The zero-order valence-corrected chi connectivity index (χ0v) is 9.56. The van der Waals surface area contributed by atoms with Crippen LogP contribution in [0.2, 0.25) is 0 Å². The highest BCUT2D eigenvalue weighted by Crippen LogP contribution is 2.49. The first-order valence-corrected chi connectivity index (χ1v) is 6.62. The van der Waals surface area contributed by atoms with Gasteiger partial charge in [0, 0.05) is 4.90 Å². The van der Waals surface area contributed by atoms with Crippen LogP contribution in [0.5, 0.6) is 0 Å². The summed E-state index contributed by atoms with van der Waals surface area (Å²) in [6.07, 6.45) is 3.72. The summed E-state index contributed by atoms with van der Waals surface area (Å²) in [6, 6.07) is 14.6. The summed E-state index contributed by atoms with van der Waals surface area (Å²) < 4.78 is 0. The molecule has 2 aromatic rings. The minimum Gasteiger partial charge on any atom is -0.503 e. The molecular formula is C14H12OS. The molecule has 1 heterocycles. The lowest BCUT2D eigenvalue weighted by Crippen LogP contribution is -1.84. The Balaban J connectivity index is 2.24. The third kappa shape index (κ3) is 1.42. The normalized spacial score (nSPS) is 21.2. The summed E-state index contributed by atoms with van der Waals surface area (Å²) in [5, 5.41) is 14.9. The number of allylic oxidation sites excluding steroid dienone is 2. The highest BCUT2D eigenvalue weighted by atomic mass is 32.2. The Kier molecular flexibility index (Phi) is 2.22. The number of hydrogen-bond acceptors (Lipinski definition) is 1. The van der Waals surface area contributed by atoms with E-state index in [9.17, 15) is 5.11 Å². The summed E-state index contributed by atoms with van der Waals surface area (Å²) >= 11 is 0. The Labute approximate surface area is 97.1 Å². The third-order valence-corrected chi connectivity index (χ3v) is 4.78. The Morgan fingerprint density at radius 2 is 1.75 bits per heavy atom. The van der Waals surface area contributed by atoms with Crippen LogP contribution in [-0.4, -0.2) is 5.11 Å². The SMILES string of the molecule is OC1=CC=C[SH]1c1cccc2ccccc12. The molecule has 2 heteroatoms. The third-order valence-electron chi connectivity index (χ3n) is 2.75. The highest BCUT2D eigenvalue weighted by molar-refractivity contribution is 8.23. The van der Waals surface area contributed by atoms with Crippen molar-refractivity contribution in [2.75, 3.05) is 0 Å². The molecule has 16 heavy (non-hydrogen) atoms. The van der Waals surface area contributed by atoms with E-state index in [4.69, 9.17) is 0 Å². The number of aliphatic hydroxyl groups is 1. The second-order valence-electron chi connectivity index (χ2n) is 3.73. The number of aliphatic hydroxyl groups excluding tert-OH is 1. The van der Waals surface area contributed by atoms with Gasteiger partial charge in [0.2, 0.25) is 0 Å².